The smallest absolute Gasteiger partial charge is 0.380 e. The standard InChI is InChI=1S/C27H33N3O8Si/c1-27(2,3)39(4,5)38-26-20(29-30-28)23(37-25(34)21(31)17-12-8-6-9-13-17)22(32)19(36-26)16-35-24(33)18-14-10-7-11-15-18/h6-15,19-20,22-23,26,32H,16H2,1-5H3/t19?,20-,22+,23+,26?/m0/s1. The maximum Gasteiger partial charge on any atom is 0.380 e. The lowest BCUT2D eigenvalue weighted by molar-refractivity contribution is -0.247. The molecule has 208 valence electrons. The Labute approximate surface area is 227 Å². The van der Waals surface area contributed by atoms with Crippen molar-refractivity contribution in [3.05, 3.63) is 82.2 Å². The highest BCUT2D eigenvalue weighted by molar-refractivity contribution is 6.74. The fourth-order valence-corrected chi connectivity index (χ4v) is 4.75. The fraction of sp³-hybridized carbons (Fsp3) is 0.444. The average molecular weight is 556 g/mol. The van der Waals surface area contributed by atoms with Crippen LogP contribution in [0.4, 0.5) is 0 Å². The fourth-order valence-electron chi connectivity index (χ4n) is 3.62. The summed E-state index contributed by atoms with van der Waals surface area (Å²) in [6.07, 6.45) is -5.61. The number of carbonyl (C=O) groups is 3. The normalized spacial score (nSPS) is 23.3. The van der Waals surface area contributed by atoms with Crippen molar-refractivity contribution >= 4 is 26.0 Å². The van der Waals surface area contributed by atoms with Crippen LogP contribution in [0.1, 0.15) is 41.5 Å². The number of ether oxygens (including phenoxy) is 3. The Bertz CT molecular complexity index is 1210. The summed E-state index contributed by atoms with van der Waals surface area (Å²) in [5.74, 6) is -2.85. The number of Topliss-reactive ketones (excluding diaryl/α,β-unsaturated/α-hetero) is 1. The number of benzene rings is 2. The van der Waals surface area contributed by atoms with E-state index in [0.29, 0.717) is 5.56 Å². The number of azide groups is 1. The van der Waals surface area contributed by atoms with Crippen molar-refractivity contribution in [2.45, 2.75) is 69.5 Å². The number of aliphatic hydroxyl groups is 1. The Morgan fingerprint density at radius 2 is 1.59 bits per heavy atom. The lowest BCUT2D eigenvalue weighted by Gasteiger charge is -2.46. The molecule has 2 aromatic rings. The van der Waals surface area contributed by atoms with Gasteiger partial charge in [-0.2, -0.15) is 0 Å². The minimum absolute atomic E-state index is 0.0896. The highest BCUT2D eigenvalue weighted by Crippen LogP contribution is 2.40. The molecule has 3 rings (SSSR count). The van der Waals surface area contributed by atoms with E-state index in [1.807, 2.05) is 33.9 Å². The quantitative estimate of drug-likeness (QED) is 0.0906. The number of nitrogens with zero attached hydrogens (tertiary/aromatic N) is 3. The van der Waals surface area contributed by atoms with E-state index in [2.05, 4.69) is 10.0 Å². The molecular weight excluding hydrogens is 522 g/mol. The van der Waals surface area contributed by atoms with Gasteiger partial charge < -0.3 is 23.7 Å². The average Bonchev–Trinajstić information content (AvgIpc) is 2.90. The number of hydrogen-bond acceptors (Lipinski definition) is 9. The molecule has 0 saturated carbocycles. The lowest BCUT2D eigenvalue weighted by atomic mass is 9.97. The maximum absolute atomic E-state index is 12.8. The number of hydrogen-bond donors (Lipinski definition) is 1. The first-order valence-corrected chi connectivity index (χ1v) is 15.3. The SMILES string of the molecule is CC(C)(C)[Si](C)(C)OC1OC(COC(=O)c2ccccc2)[C@@H](O)[C@H](OC(=O)C(=O)c2ccccc2)[C@@H]1N=[N+]=[N-]. The second-order valence-electron chi connectivity index (χ2n) is 10.6. The Kier molecular flexibility index (Phi) is 9.65. The van der Waals surface area contributed by atoms with Crippen LogP contribution in [0.5, 0.6) is 0 Å². The molecule has 5 atom stereocenters. The third-order valence-corrected chi connectivity index (χ3v) is 11.3. The van der Waals surface area contributed by atoms with Crippen LogP contribution >= 0.6 is 0 Å². The molecule has 1 N–H and O–H groups in total. The van der Waals surface area contributed by atoms with Crippen LogP contribution in [0, 0.1) is 0 Å². The van der Waals surface area contributed by atoms with Crippen molar-refractivity contribution in [1.82, 2.24) is 0 Å². The van der Waals surface area contributed by atoms with Crippen molar-refractivity contribution in [2.24, 2.45) is 5.11 Å². The Morgan fingerprint density at radius 1 is 1.03 bits per heavy atom. The van der Waals surface area contributed by atoms with E-state index in [9.17, 15) is 25.0 Å². The molecule has 11 nitrogen and oxygen atoms in total. The molecule has 0 radical (unpaired) electrons. The van der Waals surface area contributed by atoms with E-state index < -0.39 is 63.3 Å². The third kappa shape index (κ3) is 7.31. The first-order chi connectivity index (χ1) is 18.4. The number of rotatable bonds is 9. The number of ketones is 1. The van der Waals surface area contributed by atoms with E-state index >= 15 is 0 Å². The first kappa shape index (κ1) is 30.0. The van der Waals surface area contributed by atoms with E-state index in [1.54, 1.807) is 48.5 Å². The molecule has 39 heavy (non-hydrogen) atoms. The summed E-state index contributed by atoms with van der Waals surface area (Å²) in [4.78, 5) is 40.9. The van der Waals surface area contributed by atoms with Crippen molar-refractivity contribution < 1.29 is 38.1 Å². The van der Waals surface area contributed by atoms with Gasteiger partial charge in [0.25, 0.3) is 5.78 Å². The van der Waals surface area contributed by atoms with Crippen molar-refractivity contribution in [2.75, 3.05) is 6.61 Å². The molecule has 0 spiro atoms. The highest BCUT2D eigenvalue weighted by atomic mass is 28.4. The van der Waals surface area contributed by atoms with Crippen molar-refractivity contribution in [3.63, 3.8) is 0 Å². The summed E-state index contributed by atoms with van der Waals surface area (Å²) >= 11 is 0. The highest BCUT2D eigenvalue weighted by Gasteiger charge is 2.51. The summed E-state index contributed by atoms with van der Waals surface area (Å²) in [6.45, 7) is 9.45. The van der Waals surface area contributed by atoms with Crippen molar-refractivity contribution in [3.8, 4) is 0 Å². The molecular formula is C27H33N3O8Si. The molecule has 2 unspecified atom stereocenters. The van der Waals surface area contributed by atoms with Gasteiger partial charge >= 0.3 is 11.9 Å². The van der Waals surface area contributed by atoms with Gasteiger partial charge in [-0.25, -0.2) is 9.59 Å². The third-order valence-electron chi connectivity index (χ3n) is 6.90. The van der Waals surface area contributed by atoms with E-state index in [1.165, 1.54) is 12.1 Å². The van der Waals surface area contributed by atoms with E-state index in [-0.39, 0.29) is 10.6 Å². The topological polar surface area (TPSA) is 157 Å². The van der Waals surface area contributed by atoms with Gasteiger partial charge in [0.15, 0.2) is 14.6 Å². The van der Waals surface area contributed by atoms with Gasteiger partial charge in [-0.1, -0.05) is 74.4 Å². The van der Waals surface area contributed by atoms with Crippen molar-refractivity contribution in [1.29, 1.82) is 0 Å². The monoisotopic (exact) mass is 555 g/mol. The summed E-state index contributed by atoms with van der Waals surface area (Å²) < 4.78 is 23.2. The van der Waals surface area contributed by atoms with Gasteiger partial charge in [-0.3, -0.25) is 4.79 Å². The van der Waals surface area contributed by atoms with Crippen LogP contribution < -0.4 is 0 Å². The number of esters is 2. The molecule has 1 heterocycles. The van der Waals surface area contributed by atoms with E-state index in [4.69, 9.17) is 18.6 Å². The lowest BCUT2D eigenvalue weighted by Crippen LogP contribution is -2.62. The second-order valence-corrected chi connectivity index (χ2v) is 15.4. The zero-order valence-electron chi connectivity index (χ0n) is 22.5. The summed E-state index contributed by atoms with van der Waals surface area (Å²) in [6, 6.07) is 14.7. The van der Waals surface area contributed by atoms with Crippen LogP contribution in [0.15, 0.2) is 65.8 Å². The van der Waals surface area contributed by atoms with Gasteiger partial charge in [0.2, 0.25) is 0 Å². The zero-order chi connectivity index (χ0) is 28.8. The molecule has 1 fully saturated rings. The molecule has 1 aliphatic heterocycles. The maximum atomic E-state index is 12.8. The predicted molar refractivity (Wildman–Crippen MR) is 143 cm³/mol. The number of carbonyl (C=O) groups excluding carboxylic acids is 3. The molecule has 1 saturated heterocycles. The minimum Gasteiger partial charge on any atom is -0.459 e. The first-order valence-electron chi connectivity index (χ1n) is 12.4. The second kappa shape index (κ2) is 12.5. The number of aliphatic hydroxyl groups excluding tert-OH is 1. The van der Waals surface area contributed by atoms with Crippen LogP contribution in [0.25, 0.3) is 10.4 Å². The summed E-state index contributed by atoms with van der Waals surface area (Å²) in [5, 5.41) is 14.6. The molecule has 0 amide bonds. The van der Waals surface area contributed by atoms with E-state index in [0.717, 1.165) is 0 Å². The minimum atomic E-state index is -2.56. The van der Waals surface area contributed by atoms with Gasteiger partial charge in [0, 0.05) is 10.5 Å². The Hall–Kier alpha value is -3.54. The van der Waals surface area contributed by atoms with Gasteiger partial charge in [-0.05, 0) is 35.8 Å². The summed E-state index contributed by atoms with van der Waals surface area (Å²) in [5.41, 5.74) is 9.67. The molecule has 0 aromatic heterocycles. The zero-order valence-corrected chi connectivity index (χ0v) is 23.5. The molecule has 1 aliphatic rings. The summed E-state index contributed by atoms with van der Waals surface area (Å²) in [7, 11) is -2.56. The Balaban J connectivity index is 1.90. The van der Waals surface area contributed by atoms with Gasteiger partial charge in [0.05, 0.1) is 5.56 Å². The van der Waals surface area contributed by atoms with Crippen LogP contribution in [-0.2, 0) is 23.4 Å². The van der Waals surface area contributed by atoms with Gasteiger partial charge in [-0.15, -0.1) is 0 Å². The van der Waals surface area contributed by atoms with Crippen LogP contribution in [0.2, 0.25) is 18.1 Å². The molecule has 0 aliphatic carbocycles. The Morgan fingerprint density at radius 3 is 2.13 bits per heavy atom. The molecule has 0 bridgehead atoms. The van der Waals surface area contributed by atoms with Gasteiger partial charge in [0.1, 0.15) is 31.0 Å². The predicted octanol–water partition coefficient (Wildman–Crippen LogP) is 4.42. The largest absolute Gasteiger partial charge is 0.459 e. The van der Waals surface area contributed by atoms with Crippen LogP contribution in [0.3, 0.4) is 0 Å². The molecule has 12 heteroatoms. The molecule has 2 aromatic carbocycles. The van der Waals surface area contributed by atoms with Crippen LogP contribution in [-0.4, -0.2) is 68.4 Å².